The maximum absolute atomic E-state index is 13.4. The first-order valence-electron chi connectivity index (χ1n) is 11.6. The molecule has 3 heterocycles. The van der Waals surface area contributed by atoms with Crippen molar-refractivity contribution in [3.8, 4) is 23.1 Å². The standard InChI is InChI=1S/C26H24N6O2S/c1-17(24(33)28-20-13-8-7-10-18(20)16-27)35-26-29-23-22(21-14-6-3-9-15-31(21)26)25(34)32(30-23)19-11-4-2-5-12-19/h2,4-5,7-8,10-13,17H,3,6,9,14-15H2,1H3,(H,28,33)/t17-/m0/s1. The maximum Gasteiger partial charge on any atom is 0.284 e. The highest BCUT2D eigenvalue weighted by Crippen LogP contribution is 2.32. The number of hydrogen-bond donors (Lipinski definition) is 1. The minimum atomic E-state index is -0.477. The van der Waals surface area contributed by atoms with Crippen LogP contribution in [-0.2, 0) is 17.8 Å². The second kappa shape index (κ2) is 9.76. The van der Waals surface area contributed by atoms with E-state index in [2.05, 4.69) is 21.1 Å². The Labute approximate surface area is 207 Å². The molecule has 2 aromatic carbocycles. The smallest absolute Gasteiger partial charge is 0.284 e. The fraction of sp³-hybridized carbons (Fsp3) is 0.269. The molecule has 1 amide bonds. The zero-order valence-corrected chi connectivity index (χ0v) is 20.1. The number of nitrogens with zero attached hydrogens (tertiary/aromatic N) is 5. The summed E-state index contributed by atoms with van der Waals surface area (Å²) in [6.45, 7) is 2.55. The molecular weight excluding hydrogens is 460 g/mol. The van der Waals surface area contributed by atoms with Crippen LogP contribution in [0.5, 0.6) is 0 Å². The second-order valence-corrected chi connectivity index (χ2v) is 9.77. The van der Waals surface area contributed by atoms with Gasteiger partial charge in [0.05, 0.1) is 22.2 Å². The molecule has 0 bridgehead atoms. The molecule has 0 radical (unpaired) electrons. The molecule has 1 atom stereocenters. The summed E-state index contributed by atoms with van der Waals surface area (Å²) < 4.78 is 3.50. The van der Waals surface area contributed by atoms with E-state index in [1.54, 1.807) is 24.3 Å². The van der Waals surface area contributed by atoms with Crippen molar-refractivity contribution in [3.05, 3.63) is 76.2 Å². The van der Waals surface area contributed by atoms with Crippen molar-refractivity contribution < 1.29 is 4.79 Å². The number of para-hydroxylation sites is 2. The minimum absolute atomic E-state index is 0.167. The predicted molar refractivity (Wildman–Crippen MR) is 135 cm³/mol. The number of fused-ring (bicyclic) bond motifs is 3. The number of aromatic nitrogens is 4. The fourth-order valence-corrected chi connectivity index (χ4v) is 5.27. The number of rotatable bonds is 5. The summed E-state index contributed by atoms with van der Waals surface area (Å²) in [5.41, 5.74) is 2.92. The third-order valence-electron chi connectivity index (χ3n) is 6.12. The molecule has 0 saturated heterocycles. The van der Waals surface area contributed by atoms with Crippen LogP contribution in [0, 0.1) is 11.3 Å². The first-order valence-corrected chi connectivity index (χ1v) is 12.5. The SMILES string of the molecule is C[C@H](Sc1nc2nn(-c3ccccc3)c(=O)c-2c2n1CCCCC2)C(=O)Nc1ccccc1C#N. The first kappa shape index (κ1) is 22.9. The molecule has 0 aliphatic carbocycles. The van der Waals surface area contributed by atoms with E-state index in [0.29, 0.717) is 33.5 Å². The zero-order valence-electron chi connectivity index (χ0n) is 19.3. The molecule has 3 aliphatic rings. The monoisotopic (exact) mass is 484 g/mol. The van der Waals surface area contributed by atoms with Gasteiger partial charge in [-0.2, -0.15) is 9.94 Å². The van der Waals surface area contributed by atoms with E-state index in [1.807, 2.05) is 37.3 Å². The van der Waals surface area contributed by atoms with Crippen LogP contribution in [-0.4, -0.2) is 30.5 Å². The zero-order chi connectivity index (χ0) is 24.4. The number of anilines is 1. The van der Waals surface area contributed by atoms with Gasteiger partial charge in [0, 0.05) is 12.2 Å². The molecule has 0 unspecified atom stereocenters. The summed E-state index contributed by atoms with van der Waals surface area (Å²) in [6, 6.07) is 18.4. The molecule has 5 rings (SSSR count). The Bertz CT molecular complexity index is 1450. The van der Waals surface area contributed by atoms with Gasteiger partial charge in [-0.1, -0.05) is 48.5 Å². The predicted octanol–water partition coefficient (Wildman–Crippen LogP) is 4.25. The molecule has 3 aliphatic heterocycles. The fourth-order valence-electron chi connectivity index (χ4n) is 4.32. The summed E-state index contributed by atoms with van der Waals surface area (Å²) in [5, 5.41) is 16.9. The number of carbonyl (C=O) groups excluding carboxylic acids is 1. The average Bonchev–Trinajstić information content (AvgIpc) is 3.04. The lowest BCUT2D eigenvalue weighted by Gasteiger charge is -2.20. The number of thioether (sulfide) groups is 1. The maximum atomic E-state index is 13.4. The summed E-state index contributed by atoms with van der Waals surface area (Å²) in [4.78, 5) is 31.1. The lowest BCUT2D eigenvalue weighted by Crippen LogP contribution is -2.24. The van der Waals surface area contributed by atoms with Crippen molar-refractivity contribution in [1.82, 2.24) is 19.3 Å². The van der Waals surface area contributed by atoms with Crippen molar-refractivity contribution in [2.75, 3.05) is 5.32 Å². The van der Waals surface area contributed by atoms with E-state index in [4.69, 9.17) is 4.98 Å². The molecule has 2 aromatic rings. The number of carbonyl (C=O) groups is 1. The number of nitrogens with one attached hydrogen (secondary N) is 1. The van der Waals surface area contributed by atoms with Crippen molar-refractivity contribution in [2.45, 2.75) is 49.6 Å². The van der Waals surface area contributed by atoms with Gasteiger partial charge in [-0.15, -0.1) is 5.10 Å². The van der Waals surface area contributed by atoms with Crippen LogP contribution in [0.25, 0.3) is 17.1 Å². The minimum Gasteiger partial charge on any atom is -0.324 e. The van der Waals surface area contributed by atoms with Gasteiger partial charge in [0.2, 0.25) is 5.91 Å². The Hall–Kier alpha value is -3.90. The molecule has 0 spiro atoms. The van der Waals surface area contributed by atoms with Crippen LogP contribution in [0.15, 0.2) is 64.5 Å². The quantitative estimate of drug-likeness (QED) is 0.335. The van der Waals surface area contributed by atoms with Crippen molar-refractivity contribution in [2.24, 2.45) is 0 Å². The van der Waals surface area contributed by atoms with E-state index < -0.39 is 5.25 Å². The highest BCUT2D eigenvalue weighted by molar-refractivity contribution is 8.00. The van der Waals surface area contributed by atoms with Crippen LogP contribution < -0.4 is 10.9 Å². The van der Waals surface area contributed by atoms with Gasteiger partial charge in [-0.3, -0.25) is 9.59 Å². The van der Waals surface area contributed by atoms with Gasteiger partial charge in [-0.05, 0) is 50.5 Å². The Kier molecular flexibility index (Phi) is 6.38. The van der Waals surface area contributed by atoms with Gasteiger partial charge < -0.3 is 9.88 Å². The van der Waals surface area contributed by atoms with E-state index in [9.17, 15) is 14.9 Å². The molecule has 0 aromatic heterocycles. The molecule has 35 heavy (non-hydrogen) atoms. The van der Waals surface area contributed by atoms with E-state index in [1.165, 1.54) is 16.4 Å². The number of amides is 1. The van der Waals surface area contributed by atoms with Gasteiger partial charge in [0.15, 0.2) is 11.0 Å². The normalized spacial score (nSPS) is 14.1. The number of nitriles is 1. The lowest BCUT2D eigenvalue weighted by molar-refractivity contribution is -0.115. The summed E-state index contributed by atoms with van der Waals surface area (Å²) >= 11 is 1.34. The molecule has 0 saturated carbocycles. The van der Waals surface area contributed by atoms with Crippen molar-refractivity contribution in [1.29, 1.82) is 5.26 Å². The summed E-state index contributed by atoms with van der Waals surface area (Å²) in [6.07, 6.45) is 3.80. The lowest BCUT2D eigenvalue weighted by atomic mass is 10.1. The van der Waals surface area contributed by atoms with Crippen LogP contribution in [0.4, 0.5) is 5.69 Å². The van der Waals surface area contributed by atoms with Crippen molar-refractivity contribution >= 4 is 23.4 Å². The highest BCUT2D eigenvalue weighted by Gasteiger charge is 2.28. The largest absolute Gasteiger partial charge is 0.324 e. The third kappa shape index (κ3) is 4.45. The van der Waals surface area contributed by atoms with Crippen LogP contribution >= 0.6 is 11.8 Å². The topological polar surface area (TPSA) is 106 Å². The Balaban J connectivity index is 1.52. The summed E-state index contributed by atoms with van der Waals surface area (Å²) in [7, 11) is 0. The van der Waals surface area contributed by atoms with Gasteiger partial charge in [0.25, 0.3) is 5.56 Å². The Morgan fingerprint density at radius 2 is 1.89 bits per heavy atom. The van der Waals surface area contributed by atoms with Crippen molar-refractivity contribution in [3.63, 3.8) is 0 Å². The average molecular weight is 485 g/mol. The molecule has 176 valence electrons. The number of hydrogen-bond acceptors (Lipinski definition) is 6. The van der Waals surface area contributed by atoms with E-state index in [0.717, 1.165) is 37.9 Å². The van der Waals surface area contributed by atoms with Gasteiger partial charge in [-0.25, -0.2) is 4.98 Å². The van der Waals surface area contributed by atoms with Crippen LogP contribution in [0.3, 0.4) is 0 Å². The third-order valence-corrected chi connectivity index (χ3v) is 7.21. The molecule has 8 nitrogen and oxygen atoms in total. The number of benzene rings is 2. The highest BCUT2D eigenvalue weighted by atomic mass is 32.2. The van der Waals surface area contributed by atoms with Gasteiger partial charge >= 0.3 is 0 Å². The van der Waals surface area contributed by atoms with Crippen LogP contribution in [0.1, 0.15) is 37.4 Å². The molecular formula is C26H24N6O2S. The Morgan fingerprint density at radius 3 is 2.69 bits per heavy atom. The van der Waals surface area contributed by atoms with Crippen LogP contribution in [0.2, 0.25) is 0 Å². The Morgan fingerprint density at radius 1 is 1.11 bits per heavy atom. The molecule has 0 fully saturated rings. The molecule has 1 N–H and O–H groups in total. The van der Waals surface area contributed by atoms with Gasteiger partial charge in [0.1, 0.15) is 11.6 Å². The second-order valence-electron chi connectivity index (χ2n) is 8.46. The van der Waals surface area contributed by atoms with E-state index >= 15 is 0 Å². The first-order chi connectivity index (χ1) is 17.1. The molecule has 9 heteroatoms. The van der Waals surface area contributed by atoms with E-state index in [-0.39, 0.29) is 11.5 Å². The summed E-state index contributed by atoms with van der Waals surface area (Å²) in [5.74, 6) is 0.179.